The van der Waals surface area contributed by atoms with Gasteiger partial charge in [-0.3, -0.25) is 0 Å². The van der Waals surface area contributed by atoms with Gasteiger partial charge < -0.3 is 10.2 Å². The second kappa shape index (κ2) is 8.33. The predicted octanol–water partition coefficient (Wildman–Crippen LogP) is 3.35. The fourth-order valence-corrected chi connectivity index (χ4v) is 1.53. The lowest BCUT2D eigenvalue weighted by molar-refractivity contribution is -0.137. The summed E-state index contributed by atoms with van der Waals surface area (Å²) in [7, 11) is 3.65. The van der Waals surface area contributed by atoms with Crippen LogP contribution in [0.2, 0.25) is 0 Å². The van der Waals surface area contributed by atoms with Crippen molar-refractivity contribution >= 4 is 29.9 Å². The van der Waals surface area contributed by atoms with Gasteiger partial charge in [-0.05, 0) is 24.6 Å². The molecule has 0 aliphatic rings. The van der Waals surface area contributed by atoms with Crippen LogP contribution < -0.4 is 5.32 Å². The molecule has 0 amide bonds. The standard InChI is InChI=1S/C13H18F3N3.HI/c1-4-17-12(19(2)3)18-9-10-6-5-7-11(8-10)13(14,15)16;/h5-8H,4,9H2,1-3H3,(H,17,18);1H. The van der Waals surface area contributed by atoms with Crippen LogP contribution in [0, 0.1) is 0 Å². The number of halogens is 4. The maximum Gasteiger partial charge on any atom is 0.416 e. The van der Waals surface area contributed by atoms with Crippen molar-refractivity contribution in [3.8, 4) is 0 Å². The molecule has 1 aromatic carbocycles. The second-order valence-electron chi connectivity index (χ2n) is 4.26. The topological polar surface area (TPSA) is 27.6 Å². The first-order valence-electron chi connectivity index (χ1n) is 5.96. The smallest absolute Gasteiger partial charge is 0.357 e. The molecule has 20 heavy (non-hydrogen) atoms. The maximum atomic E-state index is 12.6. The number of hydrogen-bond acceptors (Lipinski definition) is 1. The molecule has 0 aliphatic carbocycles. The summed E-state index contributed by atoms with van der Waals surface area (Å²) in [6.45, 7) is 2.85. The van der Waals surface area contributed by atoms with Crippen LogP contribution in [0.3, 0.4) is 0 Å². The van der Waals surface area contributed by atoms with Gasteiger partial charge >= 0.3 is 6.18 Å². The van der Waals surface area contributed by atoms with Crippen LogP contribution in [-0.2, 0) is 12.7 Å². The highest BCUT2D eigenvalue weighted by Gasteiger charge is 2.30. The zero-order valence-electron chi connectivity index (χ0n) is 11.7. The first-order valence-corrected chi connectivity index (χ1v) is 5.96. The molecule has 114 valence electrons. The molecule has 0 bridgehead atoms. The molecular formula is C13H19F3IN3. The van der Waals surface area contributed by atoms with E-state index in [1.165, 1.54) is 6.07 Å². The number of nitrogens with one attached hydrogen (secondary N) is 1. The van der Waals surface area contributed by atoms with Crippen molar-refractivity contribution in [2.24, 2.45) is 4.99 Å². The van der Waals surface area contributed by atoms with Crippen LogP contribution in [0.15, 0.2) is 29.3 Å². The lowest BCUT2D eigenvalue weighted by Crippen LogP contribution is -2.36. The summed E-state index contributed by atoms with van der Waals surface area (Å²) in [6, 6.07) is 5.22. The molecule has 1 aromatic rings. The number of rotatable bonds is 3. The number of aliphatic imine (C=N–C) groups is 1. The van der Waals surface area contributed by atoms with Crippen molar-refractivity contribution < 1.29 is 13.2 Å². The Balaban J connectivity index is 0.00000361. The molecule has 1 rings (SSSR count). The number of guanidine groups is 1. The molecule has 0 heterocycles. The summed E-state index contributed by atoms with van der Waals surface area (Å²) >= 11 is 0. The van der Waals surface area contributed by atoms with Crippen LogP contribution in [0.1, 0.15) is 18.1 Å². The van der Waals surface area contributed by atoms with E-state index >= 15 is 0 Å². The van der Waals surface area contributed by atoms with E-state index in [9.17, 15) is 13.2 Å². The molecule has 0 fully saturated rings. The summed E-state index contributed by atoms with van der Waals surface area (Å²) in [5, 5.41) is 3.05. The molecule has 1 N–H and O–H groups in total. The monoisotopic (exact) mass is 401 g/mol. The minimum absolute atomic E-state index is 0. The summed E-state index contributed by atoms with van der Waals surface area (Å²) in [4.78, 5) is 6.06. The van der Waals surface area contributed by atoms with Gasteiger partial charge in [-0.25, -0.2) is 4.99 Å². The van der Waals surface area contributed by atoms with E-state index in [1.807, 2.05) is 21.0 Å². The van der Waals surface area contributed by atoms with E-state index < -0.39 is 11.7 Å². The SMILES string of the molecule is CCNC(=NCc1cccc(C(F)(F)F)c1)N(C)C.I. The van der Waals surface area contributed by atoms with Crippen LogP contribution in [0.4, 0.5) is 13.2 Å². The summed E-state index contributed by atoms with van der Waals surface area (Å²) in [5.74, 6) is 0.653. The van der Waals surface area contributed by atoms with Gasteiger partial charge in [0.2, 0.25) is 0 Å². The van der Waals surface area contributed by atoms with Gasteiger partial charge in [-0.2, -0.15) is 13.2 Å². The Morgan fingerprint density at radius 1 is 1.30 bits per heavy atom. The highest BCUT2D eigenvalue weighted by atomic mass is 127. The van der Waals surface area contributed by atoms with E-state index in [2.05, 4.69) is 10.3 Å². The maximum absolute atomic E-state index is 12.6. The Morgan fingerprint density at radius 2 is 1.95 bits per heavy atom. The first-order chi connectivity index (χ1) is 8.84. The molecule has 7 heteroatoms. The van der Waals surface area contributed by atoms with E-state index in [4.69, 9.17) is 0 Å². The summed E-state index contributed by atoms with van der Waals surface area (Å²) in [6.07, 6.45) is -4.31. The summed E-state index contributed by atoms with van der Waals surface area (Å²) < 4.78 is 37.7. The highest BCUT2D eigenvalue weighted by Crippen LogP contribution is 2.29. The largest absolute Gasteiger partial charge is 0.416 e. The van der Waals surface area contributed by atoms with Crippen LogP contribution in [0.25, 0.3) is 0 Å². The molecular weight excluding hydrogens is 382 g/mol. The molecule has 3 nitrogen and oxygen atoms in total. The van der Waals surface area contributed by atoms with Gasteiger partial charge in [-0.15, -0.1) is 24.0 Å². The Kier molecular flexibility index (Phi) is 7.92. The minimum atomic E-state index is -4.31. The highest BCUT2D eigenvalue weighted by molar-refractivity contribution is 14.0. The van der Waals surface area contributed by atoms with Gasteiger partial charge in [0.15, 0.2) is 5.96 Å². The number of alkyl halides is 3. The zero-order valence-corrected chi connectivity index (χ0v) is 14.0. The zero-order chi connectivity index (χ0) is 14.5. The molecule has 0 spiro atoms. The first kappa shape index (κ1) is 19.0. The fraction of sp³-hybridized carbons (Fsp3) is 0.462. The average molecular weight is 401 g/mol. The van der Waals surface area contributed by atoms with Gasteiger partial charge in [0.1, 0.15) is 0 Å². The van der Waals surface area contributed by atoms with E-state index in [0.717, 1.165) is 12.1 Å². The molecule has 0 atom stereocenters. The summed E-state index contributed by atoms with van der Waals surface area (Å²) in [5.41, 5.74) is -0.109. The Morgan fingerprint density at radius 3 is 2.45 bits per heavy atom. The van der Waals surface area contributed by atoms with Crippen LogP contribution >= 0.6 is 24.0 Å². The van der Waals surface area contributed by atoms with E-state index in [-0.39, 0.29) is 30.5 Å². The molecule has 0 saturated carbocycles. The lowest BCUT2D eigenvalue weighted by atomic mass is 10.1. The van der Waals surface area contributed by atoms with Crippen molar-refractivity contribution in [1.29, 1.82) is 0 Å². The fourth-order valence-electron chi connectivity index (χ4n) is 1.53. The van der Waals surface area contributed by atoms with Crippen LogP contribution in [0.5, 0.6) is 0 Å². The van der Waals surface area contributed by atoms with Crippen molar-refractivity contribution in [2.75, 3.05) is 20.6 Å². The van der Waals surface area contributed by atoms with Gasteiger partial charge in [0, 0.05) is 20.6 Å². The third-order valence-electron chi connectivity index (χ3n) is 2.42. The van der Waals surface area contributed by atoms with Gasteiger partial charge in [0.05, 0.1) is 12.1 Å². The van der Waals surface area contributed by atoms with Gasteiger partial charge in [0.25, 0.3) is 0 Å². The number of benzene rings is 1. The Bertz CT molecular complexity index is 445. The predicted molar refractivity (Wildman–Crippen MR) is 85.4 cm³/mol. The van der Waals surface area contributed by atoms with E-state index in [0.29, 0.717) is 18.1 Å². The second-order valence-corrected chi connectivity index (χ2v) is 4.26. The number of hydrogen-bond donors (Lipinski definition) is 1. The molecule has 0 radical (unpaired) electrons. The third kappa shape index (κ3) is 5.98. The third-order valence-corrected chi connectivity index (χ3v) is 2.42. The normalized spacial score (nSPS) is 11.8. The molecule has 0 aliphatic heterocycles. The average Bonchev–Trinajstić information content (AvgIpc) is 2.33. The van der Waals surface area contributed by atoms with Crippen LogP contribution in [-0.4, -0.2) is 31.5 Å². The molecule has 0 unspecified atom stereocenters. The quantitative estimate of drug-likeness (QED) is 0.478. The minimum Gasteiger partial charge on any atom is -0.357 e. The van der Waals surface area contributed by atoms with Crippen molar-refractivity contribution in [3.05, 3.63) is 35.4 Å². The Labute approximate surface area is 134 Å². The van der Waals surface area contributed by atoms with E-state index in [1.54, 1.807) is 11.0 Å². The molecule has 0 saturated heterocycles. The van der Waals surface area contributed by atoms with Gasteiger partial charge in [-0.1, -0.05) is 12.1 Å². The van der Waals surface area contributed by atoms with Crippen molar-refractivity contribution in [2.45, 2.75) is 19.6 Å². The lowest BCUT2D eigenvalue weighted by Gasteiger charge is -2.16. The van der Waals surface area contributed by atoms with Crippen molar-refractivity contribution in [1.82, 2.24) is 10.2 Å². The number of nitrogens with zero attached hydrogens (tertiary/aromatic N) is 2. The molecule has 0 aromatic heterocycles. The van der Waals surface area contributed by atoms with Crippen molar-refractivity contribution in [3.63, 3.8) is 0 Å². The Hall–Kier alpha value is -0.990.